The van der Waals surface area contributed by atoms with Crippen LogP contribution in [0.15, 0.2) is 17.8 Å². The molecule has 1 aliphatic carbocycles. The van der Waals surface area contributed by atoms with Gasteiger partial charge in [0.25, 0.3) is 0 Å². The van der Waals surface area contributed by atoms with Crippen LogP contribution in [0.1, 0.15) is 32.1 Å². The van der Waals surface area contributed by atoms with Gasteiger partial charge < -0.3 is 4.74 Å². The number of aliphatic imine (C=N–C) groups is 1. The number of hydrogen-bond donors (Lipinski definition) is 0. The van der Waals surface area contributed by atoms with E-state index in [1.165, 1.54) is 44.1 Å². The van der Waals surface area contributed by atoms with Crippen molar-refractivity contribution in [3.8, 4) is 0 Å². The summed E-state index contributed by atoms with van der Waals surface area (Å²) in [4.78, 5) is 4.46. The Bertz CT molecular complexity index is 155. The Morgan fingerprint density at radius 1 is 1.33 bits per heavy atom. The largest absolute Gasteiger partial charge is 0.500 e. The van der Waals surface area contributed by atoms with Gasteiger partial charge >= 0.3 is 0 Å². The first-order valence-electron chi connectivity index (χ1n) is 4.68. The van der Waals surface area contributed by atoms with E-state index in [1.807, 2.05) is 0 Å². The third kappa shape index (κ3) is 3.56. The maximum atomic E-state index is 4.98. The van der Waals surface area contributed by atoms with Gasteiger partial charge in [-0.15, -0.1) is 0 Å². The summed E-state index contributed by atoms with van der Waals surface area (Å²) in [6, 6.07) is 0. The molecule has 1 rings (SSSR count). The van der Waals surface area contributed by atoms with Crippen LogP contribution in [-0.2, 0) is 4.74 Å². The average Bonchev–Trinajstić information content (AvgIpc) is 2.14. The number of ether oxygens (including phenoxy) is 1. The monoisotopic (exact) mass is 167 g/mol. The van der Waals surface area contributed by atoms with Gasteiger partial charge in [0.2, 0.25) is 0 Å². The zero-order valence-corrected chi connectivity index (χ0v) is 7.59. The molecule has 0 spiro atoms. The lowest BCUT2D eigenvalue weighted by Crippen LogP contribution is -2.06. The lowest BCUT2D eigenvalue weighted by atomic mass is 9.99. The van der Waals surface area contributed by atoms with Crippen molar-refractivity contribution in [2.75, 3.05) is 13.2 Å². The van der Waals surface area contributed by atoms with E-state index in [2.05, 4.69) is 11.6 Å². The SMILES string of the molecule is C=COCCN=C1CCCCC1. The summed E-state index contributed by atoms with van der Waals surface area (Å²) in [5.41, 5.74) is 1.38. The van der Waals surface area contributed by atoms with Crippen LogP contribution in [0.25, 0.3) is 0 Å². The molecule has 0 heterocycles. The fourth-order valence-electron chi connectivity index (χ4n) is 1.46. The lowest BCUT2D eigenvalue weighted by Gasteiger charge is -2.11. The molecule has 0 saturated heterocycles. The molecule has 0 amide bonds. The smallest absolute Gasteiger partial charge is 0.107 e. The second-order valence-corrected chi connectivity index (χ2v) is 3.05. The molecule has 1 saturated carbocycles. The van der Waals surface area contributed by atoms with E-state index in [1.54, 1.807) is 0 Å². The van der Waals surface area contributed by atoms with Crippen molar-refractivity contribution in [1.82, 2.24) is 0 Å². The van der Waals surface area contributed by atoms with Gasteiger partial charge in [-0.05, 0) is 25.7 Å². The number of rotatable bonds is 4. The standard InChI is InChI=1S/C10H17NO/c1-2-12-9-8-11-10-6-4-3-5-7-10/h2H,1,3-9H2. The van der Waals surface area contributed by atoms with Gasteiger partial charge in [-0.1, -0.05) is 13.0 Å². The fraction of sp³-hybridized carbons (Fsp3) is 0.700. The third-order valence-electron chi connectivity index (χ3n) is 2.09. The van der Waals surface area contributed by atoms with Crippen LogP contribution in [0.5, 0.6) is 0 Å². The molecule has 12 heavy (non-hydrogen) atoms. The van der Waals surface area contributed by atoms with E-state index in [0.717, 1.165) is 6.54 Å². The van der Waals surface area contributed by atoms with Crippen LogP contribution in [0, 0.1) is 0 Å². The predicted molar refractivity (Wildman–Crippen MR) is 51.5 cm³/mol. The maximum absolute atomic E-state index is 4.98. The fourth-order valence-corrected chi connectivity index (χ4v) is 1.46. The Balaban J connectivity index is 2.11. The summed E-state index contributed by atoms with van der Waals surface area (Å²) >= 11 is 0. The molecular formula is C10H17NO. The van der Waals surface area contributed by atoms with Gasteiger partial charge in [-0.2, -0.15) is 0 Å². The Labute approximate surface area is 74.3 Å². The van der Waals surface area contributed by atoms with Gasteiger partial charge in [0.15, 0.2) is 0 Å². The first kappa shape index (κ1) is 9.30. The maximum Gasteiger partial charge on any atom is 0.107 e. The molecule has 0 aliphatic heterocycles. The normalized spacial score (nSPS) is 17.2. The highest BCUT2D eigenvalue weighted by atomic mass is 16.5. The van der Waals surface area contributed by atoms with Gasteiger partial charge in [0.1, 0.15) is 6.61 Å². The highest BCUT2D eigenvalue weighted by Gasteiger charge is 2.05. The first-order chi connectivity index (χ1) is 5.93. The summed E-state index contributed by atoms with van der Waals surface area (Å²) < 4.78 is 4.98. The van der Waals surface area contributed by atoms with E-state index < -0.39 is 0 Å². The molecular weight excluding hydrogens is 150 g/mol. The van der Waals surface area contributed by atoms with Crippen molar-refractivity contribution in [3.05, 3.63) is 12.8 Å². The van der Waals surface area contributed by atoms with Crippen molar-refractivity contribution in [3.63, 3.8) is 0 Å². The molecule has 2 nitrogen and oxygen atoms in total. The van der Waals surface area contributed by atoms with Gasteiger partial charge in [0.05, 0.1) is 12.8 Å². The van der Waals surface area contributed by atoms with Crippen LogP contribution in [0.3, 0.4) is 0 Å². The second-order valence-electron chi connectivity index (χ2n) is 3.05. The summed E-state index contributed by atoms with van der Waals surface area (Å²) in [6.07, 6.45) is 7.90. The van der Waals surface area contributed by atoms with Crippen LogP contribution in [0.4, 0.5) is 0 Å². The highest BCUT2D eigenvalue weighted by Crippen LogP contribution is 2.14. The molecule has 0 unspecified atom stereocenters. The van der Waals surface area contributed by atoms with Crippen LogP contribution < -0.4 is 0 Å². The Morgan fingerprint density at radius 2 is 2.08 bits per heavy atom. The molecule has 1 fully saturated rings. The lowest BCUT2D eigenvalue weighted by molar-refractivity contribution is 0.261. The van der Waals surface area contributed by atoms with E-state index in [4.69, 9.17) is 4.74 Å². The van der Waals surface area contributed by atoms with Crippen molar-refractivity contribution < 1.29 is 4.74 Å². The van der Waals surface area contributed by atoms with Crippen molar-refractivity contribution in [2.45, 2.75) is 32.1 Å². The van der Waals surface area contributed by atoms with Crippen molar-refractivity contribution in [1.29, 1.82) is 0 Å². The van der Waals surface area contributed by atoms with E-state index in [0.29, 0.717) is 6.61 Å². The zero-order chi connectivity index (χ0) is 8.65. The molecule has 0 aromatic rings. The van der Waals surface area contributed by atoms with E-state index in [9.17, 15) is 0 Å². The van der Waals surface area contributed by atoms with E-state index >= 15 is 0 Å². The molecule has 0 aromatic heterocycles. The van der Waals surface area contributed by atoms with Crippen LogP contribution >= 0.6 is 0 Å². The Hall–Kier alpha value is -0.790. The second kappa shape index (κ2) is 5.81. The average molecular weight is 167 g/mol. The minimum atomic E-state index is 0.674. The van der Waals surface area contributed by atoms with Crippen molar-refractivity contribution in [2.24, 2.45) is 4.99 Å². The summed E-state index contributed by atoms with van der Waals surface area (Å²) in [7, 11) is 0. The van der Waals surface area contributed by atoms with Gasteiger partial charge in [0, 0.05) is 5.71 Å². The summed E-state index contributed by atoms with van der Waals surface area (Å²) in [5.74, 6) is 0. The minimum absolute atomic E-state index is 0.674. The molecule has 1 aliphatic rings. The predicted octanol–water partition coefficient (Wildman–Crippen LogP) is 2.55. The van der Waals surface area contributed by atoms with Gasteiger partial charge in [-0.3, -0.25) is 4.99 Å². The third-order valence-corrected chi connectivity index (χ3v) is 2.09. The molecule has 68 valence electrons. The highest BCUT2D eigenvalue weighted by molar-refractivity contribution is 5.84. The zero-order valence-electron chi connectivity index (χ0n) is 7.59. The molecule has 2 heteroatoms. The van der Waals surface area contributed by atoms with E-state index in [-0.39, 0.29) is 0 Å². The number of nitrogens with zero attached hydrogens (tertiary/aromatic N) is 1. The Kier molecular flexibility index (Phi) is 4.50. The molecule has 0 atom stereocenters. The first-order valence-corrected chi connectivity index (χ1v) is 4.68. The van der Waals surface area contributed by atoms with Crippen LogP contribution in [-0.4, -0.2) is 18.9 Å². The summed E-state index contributed by atoms with van der Waals surface area (Å²) in [5, 5.41) is 0. The molecule has 0 radical (unpaired) electrons. The molecule has 0 aromatic carbocycles. The summed E-state index contributed by atoms with van der Waals surface area (Å²) in [6.45, 7) is 4.94. The number of hydrogen-bond acceptors (Lipinski definition) is 2. The van der Waals surface area contributed by atoms with Crippen molar-refractivity contribution >= 4 is 5.71 Å². The minimum Gasteiger partial charge on any atom is -0.500 e. The van der Waals surface area contributed by atoms with Crippen LogP contribution in [0.2, 0.25) is 0 Å². The Morgan fingerprint density at radius 3 is 2.75 bits per heavy atom. The quantitative estimate of drug-likeness (QED) is 0.466. The van der Waals surface area contributed by atoms with Gasteiger partial charge in [-0.25, -0.2) is 0 Å². The molecule has 0 N–H and O–H groups in total. The molecule has 0 bridgehead atoms. The topological polar surface area (TPSA) is 21.6 Å².